The van der Waals surface area contributed by atoms with Crippen LogP contribution in [0.2, 0.25) is 0 Å². The monoisotopic (exact) mass is 417 g/mol. The molecule has 1 aromatic carbocycles. The summed E-state index contributed by atoms with van der Waals surface area (Å²) >= 11 is 0. The van der Waals surface area contributed by atoms with Crippen LogP contribution in [0.1, 0.15) is 36.1 Å². The number of aryl methyl sites for hydroxylation is 1. The second-order valence-electron chi connectivity index (χ2n) is 6.67. The van der Waals surface area contributed by atoms with Crippen molar-refractivity contribution in [1.29, 1.82) is 0 Å². The molecule has 1 aliphatic rings. The Morgan fingerprint density at radius 2 is 2.10 bits per heavy atom. The molecule has 0 aliphatic carbocycles. The number of hydrogen-bond acceptors (Lipinski definition) is 5. The van der Waals surface area contributed by atoms with Gasteiger partial charge in [0.1, 0.15) is 0 Å². The largest absolute Gasteiger partial charge is 0.434 e. The summed E-state index contributed by atoms with van der Waals surface area (Å²) in [7, 11) is 0. The number of carbonyl (C=O) groups excluding carboxylic acids is 1. The van der Waals surface area contributed by atoms with Crippen LogP contribution in [0.5, 0.6) is 11.6 Å². The van der Waals surface area contributed by atoms with E-state index >= 15 is 0 Å². The lowest BCUT2D eigenvalue weighted by Crippen LogP contribution is -2.26. The molecule has 0 N–H and O–H groups in total. The molecule has 0 radical (unpaired) electrons. The lowest BCUT2D eigenvalue weighted by molar-refractivity contribution is 0.0763. The first-order chi connectivity index (χ1) is 13.6. The molecule has 29 heavy (non-hydrogen) atoms. The molecule has 1 aliphatic heterocycles. The van der Waals surface area contributed by atoms with Crippen molar-refractivity contribution in [1.82, 2.24) is 24.6 Å². The van der Waals surface area contributed by atoms with E-state index in [4.69, 9.17) is 4.74 Å². The van der Waals surface area contributed by atoms with E-state index < -0.39 is 5.82 Å². The Kier molecular flexibility index (Phi) is 6.12. The van der Waals surface area contributed by atoms with Crippen molar-refractivity contribution in [3.63, 3.8) is 0 Å². The van der Waals surface area contributed by atoms with Crippen molar-refractivity contribution >= 4 is 18.3 Å². The van der Waals surface area contributed by atoms with Gasteiger partial charge in [-0.2, -0.15) is 5.10 Å². The van der Waals surface area contributed by atoms with Crippen molar-refractivity contribution in [2.24, 2.45) is 0 Å². The van der Waals surface area contributed by atoms with E-state index in [1.165, 1.54) is 12.3 Å². The minimum absolute atomic E-state index is 0. The molecule has 0 unspecified atom stereocenters. The third-order valence-electron chi connectivity index (χ3n) is 4.68. The average molecular weight is 418 g/mol. The zero-order valence-electron chi connectivity index (χ0n) is 16.1. The number of fused-ring (bicyclic) bond motifs is 1. The molecule has 1 amide bonds. The van der Waals surface area contributed by atoms with Gasteiger partial charge in [0.25, 0.3) is 5.91 Å². The van der Waals surface area contributed by atoms with Gasteiger partial charge in [-0.25, -0.2) is 9.37 Å². The van der Waals surface area contributed by atoms with E-state index in [-0.39, 0.29) is 29.9 Å². The van der Waals surface area contributed by atoms with Gasteiger partial charge in [-0.15, -0.1) is 17.5 Å². The van der Waals surface area contributed by atoms with Crippen molar-refractivity contribution in [2.75, 3.05) is 6.54 Å². The lowest BCUT2D eigenvalue weighted by atomic mass is 10.1. The van der Waals surface area contributed by atoms with Crippen LogP contribution in [0.25, 0.3) is 11.3 Å². The zero-order valence-corrected chi connectivity index (χ0v) is 16.9. The third kappa shape index (κ3) is 3.93. The third-order valence-corrected chi connectivity index (χ3v) is 4.68. The van der Waals surface area contributed by atoms with Gasteiger partial charge in [-0.3, -0.25) is 4.79 Å². The van der Waals surface area contributed by atoms with Crippen LogP contribution < -0.4 is 4.74 Å². The number of carbonyl (C=O) groups is 1. The molecule has 0 bridgehead atoms. The summed E-state index contributed by atoms with van der Waals surface area (Å²) in [5.74, 6) is 0.0801. The molecule has 0 fully saturated rings. The summed E-state index contributed by atoms with van der Waals surface area (Å²) in [5.41, 5.74) is 2.08. The summed E-state index contributed by atoms with van der Waals surface area (Å²) in [6.45, 7) is 5.04. The van der Waals surface area contributed by atoms with Crippen molar-refractivity contribution in [3.05, 3.63) is 53.9 Å². The second-order valence-corrected chi connectivity index (χ2v) is 6.67. The molecular weight excluding hydrogens is 397 g/mol. The molecule has 3 heterocycles. The van der Waals surface area contributed by atoms with Crippen LogP contribution in [0.4, 0.5) is 4.39 Å². The van der Waals surface area contributed by atoms with E-state index in [0.717, 1.165) is 18.5 Å². The fraction of sp³-hybridized carbons (Fsp3) is 0.300. The second kappa shape index (κ2) is 8.57. The van der Waals surface area contributed by atoms with Gasteiger partial charge in [-0.05, 0) is 37.6 Å². The van der Waals surface area contributed by atoms with Crippen LogP contribution in [-0.4, -0.2) is 37.1 Å². The van der Waals surface area contributed by atoms with Gasteiger partial charge < -0.3 is 14.2 Å². The number of benzene rings is 1. The van der Waals surface area contributed by atoms with E-state index in [0.29, 0.717) is 30.3 Å². The topological polar surface area (TPSA) is 73.1 Å². The van der Waals surface area contributed by atoms with Crippen molar-refractivity contribution in [2.45, 2.75) is 33.4 Å². The number of ether oxygens (including phenoxy) is 1. The maximum atomic E-state index is 14.7. The number of unbranched alkanes of at least 4 members (excludes halogenated alkanes) is 1. The first kappa shape index (κ1) is 20.7. The predicted molar refractivity (Wildman–Crippen MR) is 108 cm³/mol. The van der Waals surface area contributed by atoms with Gasteiger partial charge in [0.05, 0.1) is 18.1 Å². The number of hydrogen-bond donors (Lipinski definition) is 0. The Hall–Kier alpha value is -3.00. The van der Waals surface area contributed by atoms with Crippen LogP contribution in [0.3, 0.4) is 0 Å². The summed E-state index contributed by atoms with van der Waals surface area (Å²) in [4.78, 5) is 18.8. The normalized spacial score (nSPS) is 12.7. The van der Waals surface area contributed by atoms with Crippen LogP contribution >= 0.6 is 12.4 Å². The maximum Gasteiger partial charge on any atom is 0.291 e. The number of rotatable bonds is 6. The molecule has 0 saturated carbocycles. The van der Waals surface area contributed by atoms with Gasteiger partial charge in [0.2, 0.25) is 11.7 Å². The first-order valence-electron chi connectivity index (χ1n) is 9.20. The molecule has 152 valence electrons. The maximum absolute atomic E-state index is 14.7. The van der Waals surface area contributed by atoms with Gasteiger partial charge in [0, 0.05) is 24.4 Å². The zero-order chi connectivity index (χ0) is 19.7. The fourth-order valence-corrected chi connectivity index (χ4v) is 3.32. The molecule has 4 rings (SSSR count). The highest BCUT2D eigenvalue weighted by molar-refractivity contribution is 5.94. The fourth-order valence-electron chi connectivity index (χ4n) is 3.32. The Labute approximate surface area is 173 Å². The van der Waals surface area contributed by atoms with Crippen LogP contribution in [-0.2, 0) is 6.67 Å². The SMILES string of the molecule is CCCCN1Cn2c(nc(C)c2-c2ccc(Oc3cccnn3)c(F)c2)C1=O.Cl. The first-order valence-corrected chi connectivity index (χ1v) is 9.20. The Morgan fingerprint density at radius 3 is 2.79 bits per heavy atom. The quantitative estimate of drug-likeness (QED) is 0.600. The highest BCUT2D eigenvalue weighted by Crippen LogP contribution is 2.32. The number of nitrogens with zero attached hydrogens (tertiary/aromatic N) is 5. The predicted octanol–water partition coefficient (Wildman–Crippen LogP) is 4.22. The molecule has 7 nitrogen and oxygen atoms in total. The number of halogens is 2. The number of aromatic nitrogens is 4. The van der Waals surface area contributed by atoms with E-state index in [2.05, 4.69) is 22.1 Å². The average Bonchev–Trinajstić information content (AvgIpc) is 3.17. The van der Waals surface area contributed by atoms with Crippen LogP contribution in [0, 0.1) is 12.7 Å². The molecule has 9 heteroatoms. The number of amides is 1. The summed E-state index contributed by atoms with van der Waals surface area (Å²) in [6, 6.07) is 7.96. The summed E-state index contributed by atoms with van der Waals surface area (Å²) in [5, 5.41) is 7.50. The molecule has 3 aromatic rings. The van der Waals surface area contributed by atoms with Gasteiger partial charge in [-0.1, -0.05) is 13.3 Å². The van der Waals surface area contributed by atoms with Gasteiger partial charge >= 0.3 is 0 Å². The van der Waals surface area contributed by atoms with E-state index in [1.54, 1.807) is 29.2 Å². The Bertz CT molecular complexity index is 1030. The molecular formula is C20H21ClFN5O2. The van der Waals surface area contributed by atoms with E-state index in [9.17, 15) is 9.18 Å². The highest BCUT2D eigenvalue weighted by atomic mass is 35.5. The van der Waals surface area contributed by atoms with Crippen molar-refractivity contribution < 1.29 is 13.9 Å². The van der Waals surface area contributed by atoms with Gasteiger partial charge in [0.15, 0.2) is 11.6 Å². The Morgan fingerprint density at radius 1 is 1.28 bits per heavy atom. The van der Waals surface area contributed by atoms with Crippen LogP contribution in [0.15, 0.2) is 36.5 Å². The number of imidazole rings is 1. The lowest BCUT2D eigenvalue weighted by Gasteiger charge is -2.16. The Balaban J connectivity index is 0.00000240. The minimum Gasteiger partial charge on any atom is -0.434 e. The van der Waals surface area contributed by atoms with E-state index in [1.807, 2.05) is 11.5 Å². The summed E-state index contributed by atoms with van der Waals surface area (Å²) < 4.78 is 22.0. The molecule has 2 aromatic heterocycles. The standard InChI is InChI=1S/C20H20FN5O2.ClH/c1-3-4-10-25-12-26-18(13(2)23-19(26)20(25)27)14-7-8-16(15(21)11-14)28-17-6-5-9-22-24-17;/h5-9,11H,3-4,10,12H2,1-2H3;1H. The molecule has 0 spiro atoms. The smallest absolute Gasteiger partial charge is 0.291 e. The molecule has 0 saturated heterocycles. The van der Waals surface area contributed by atoms with Crippen molar-refractivity contribution in [3.8, 4) is 22.9 Å². The highest BCUT2D eigenvalue weighted by Gasteiger charge is 2.32. The molecule has 0 atom stereocenters. The summed E-state index contributed by atoms with van der Waals surface area (Å²) in [6.07, 6.45) is 3.46. The minimum atomic E-state index is -0.523.